The quantitative estimate of drug-likeness (QED) is 0.859. The van der Waals surface area contributed by atoms with E-state index in [-0.39, 0.29) is 17.5 Å². The lowest BCUT2D eigenvalue weighted by molar-refractivity contribution is 0.199. The first-order chi connectivity index (χ1) is 8.41. The first-order valence-corrected chi connectivity index (χ1v) is 7.83. The summed E-state index contributed by atoms with van der Waals surface area (Å²) >= 11 is 0. The highest BCUT2D eigenvalue weighted by atomic mass is 32.2. The van der Waals surface area contributed by atoms with Crippen molar-refractivity contribution in [3.05, 3.63) is 23.9 Å². The van der Waals surface area contributed by atoms with Crippen LogP contribution in [0.4, 0.5) is 5.82 Å². The van der Waals surface area contributed by atoms with Gasteiger partial charge in [0.25, 0.3) is 0 Å². The number of aliphatic hydroxyl groups is 1. The predicted octanol–water partition coefficient (Wildman–Crippen LogP) is 0.758. The Morgan fingerprint density at radius 1 is 1.56 bits per heavy atom. The van der Waals surface area contributed by atoms with Crippen LogP contribution in [0.25, 0.3) is 0 Å². The highest BCUT2D eigenvalue weighted by Gasteiger charge is 2.30. The van der Waals surface area contributed by atoms with E-state index in [1.54, 1.807) is 19.2 Å². The summed E-state index contributed by atoms with van der Waals surface area (Å²) in [5.41, 5.74) is 0.739. The van der Waals surface area contributed by atoms with Gasteiger partial charge in [-0.1, -0.05) is 6.07 Å². The SMILES string of the molecule is CC(O)c1cccnc1N1CCS(=O)(=O)CC1C. The second-order valence-corrected chi connectivity index (χ2v) is 6.98. The molecule has 1 N–H and O–H groups in total. The molecule has 2 rings (SSSR count). The van der Waals surface area contributed by atoms with Crippen LogP contribution < -0.4 is 4.90 Å². The number of hydrogen-bond acceptors (Lipinski definition) is 5. The molecule has 5 nitrogen and oxygen atoms in total. The second-order valence-electron chi connectivity index (χ2n) is 4.75. The van der Waals surface area contributed by atoms with Gasteiger partial charge in [0.15, 0.2) is 9.84 Å². The zero-order valence-electron chi connectivity index (χ0n) is 10.6. The topological polar surface area (TPSA) is 70.5 Å². The largest absolute Gasteiger partial charge is 0.389 e. The molecule has 1 fully saturated rings. The average Bonchev–Trinajstić information content (AvgIpc) is 2.28. The lowest BCUT2D eigenvalue weighted by Crippen LogP contribution is -2.47. The Morgan fingerprint density at radius 2 is 2.28 bits per heavy atom. The zero-order chi connectivity index (χ0) is 13.3. The van der Waals surface area contributed by atoms with Crippen molar-refractivity contribution < 1.29 is 13.5 Å². The molecular formula is C12H18N2O3S. The summed E-state index contributed by atoms with van der Waals surface area (Å²) in [5.74, 6) is 0.977. The minimum absolute atomic E-state index is 0.115. The van der Waals surface area contributed by atoms with Crippen LogP contribution in [-0.4, -0.2) is 42.6 Å². The van der Waals surface area contributed by atoms with Crippen LogP contribution in [0.3, 0.4) is 0 Å². The summed E-state index contributed by atoms with van der Waals surface area (Å²) in [6.07, 6.45) is 1.05. The molecule has 2 unspecified atom stereocenters. The van der Waals surface area contributed by atoms with Crippen molar-refractivity contribution >= 4 is 15.7 Å². The van der Waals surface area contributed by atoms with Crippen molar-refractivity contribution in [3.63, 3.8) is 0 Å². The third-order valence-electron chi connectivity index (χ3n) is 3.21. The maximum absolute atomic E-state index is 11.6. The van der Waals surface area contributed by atoms with E-state index < -0.39 is 15.9 Å². The molecule has 2 atom stereocenters. The van der Waals surface area contributed by atoms with E-state index in [0.29, 0.717) is 12.4 Å². The van der Waals surface area contributed by atoms with Gasteiger partial charge in [-0.2, -0.15) is 0 Å². The number of hydrogen-bond donors (Lipinski definition) is 1. The number of anilines is 1. The fourth-order valence-electron chi connectivity index (χ4n) is 2.29. The van der Waals surface area contributed by atoms with Crippen molar-refractivity contribution in [3.8, 4) is 0 Å². The maximum atomic E-state index is 11.6. The molecule has 1 aliphatic rings. The maximum Gasteiger partial charge on any atom is 0.154 e. The smallest absolute Gasteiger partial charge is 0.154 e. The van der Waals surface area contributed by atoms with Gasteiger partial charge in [0.05, 0.1) is 17.6 Å². The first kappa shape index (κ1) is 13.3. The Morgan fingerprint density at radius 3 is 2.89 bits per heavy atom. The molecule has 1 aromatic rings. The van der Waals surface area contributed by atoms with Gasteiger partial charge in [-0.05, 0) is 19.9 Å². The van der Waals surface area contributed by atoms with Gasteiger partial charge < -0.3 is 10.0 Å². The highest BCUT2D eigenvalue weighted by Crippen LogP contribution is 2.27. The molecule has 18 heavy (non-hydrogen) atoms. The Labute approximate surface area is 107 Å². The number of aliphatic hydroxyl groups excluding tert-OH is 1. The third-order valence-corrected chi connectivity index (χ3v) is 5.00. The monoisotopic (exact) mass is 270 g/mol. The molecule has 2 heterocycles. The molecule has 0 saturated carbocycles. The highest BCUT2D eigenvalue weighted by molar-refractivity contribution is 7.91. The number of rotatable bonds is 2. The minimum atomic E-state index is -2.94. The van der Waals surface area contributed by atoms with Crippen LogP contribution in [-0.2, 0) is 9.84 Å². The molecule has 1 aliphatic heterocycles. The molecule has 6 heteroatoms. The van der Waals surface area contributed by atoms with Gasteiger partial charge in [0, 0.05) is 24.3 Å². The zero-order valence-corrected chi connectivity index (χ0v) is 11.4. The predicted molar refractivity (Wildman–Crippen MR) is 70.3 cm³/mol. The van der Waals surface area contributed by atoms with Gasteiger partial charge in [-0.25, -0.2) is 13.4 Å². The van der Waals surface area contributed by atoms with Crippen LogP contribution in [0.15, 0.2) is 18.3 Å². The lowest BCUT2D eigenvalue weighted by Gasteiger charge is -2.35. The van der Waals surface area contributed by atoms with Crippen molar-refractivity contribution in [1.82, 2.24) is 4.98 Å². The summed E-state index contributed by atoms with van der Waals surface area (Å²) in [6.45, 7) is 3.99. The van der Waals surface area contributed by atoms with E-state index in [1.807, 2.05) is 17.9 Å². The second kappa shape index (κ2) is 4.85. The Hall–Kier alpha value is -1.14. The fraction of sp³-hybridized carbons (Fsp3) is 0.583. The van der Waals surface area contributed by atoms with Crippen LogP contribution in [0.2, 0.25) is 0 Å². The van der Waals surface area contributed by atoms with Crippen LogP contribution in [0, 0.1) is 0 Å². The van der Waals surface area contributed by atoms with Crippen molar-refractivity contribution in [2.24, 2.45) is 0 Å². The van der Waals surface area contributed by atoms with Gasteiger partial charge in [-0.3, -0.25) is 0 Å². The Kier molecular flexibility index (Phi) is 3.59. The number of pyridine rings is 1. The summed E-state index contributed by atoms with van der Waals surface area (Å²) < 4.78 is 23.1. The Balaban J connectivity index is 2.33. The first-order valence-electron chi connectivity index (χ1n) is 6.01. The lowest BCUT2D eigenvalue weighted by atomic mass is 10.1. The standard InChI is InChI=1S/C12H18N2O3S/c1-9-8-18(16,17)7-6-14(9)12-11(10(2)15)4-3-5-13-12/h3-5,9-10,15H,6-8H2,1-2H3. The van der Waals surface area contributed by atoms with E-state index in [1.165, 1.54) is 0 Å². The van der Waals surface area contributed by atoms with Crippen molar-refractivity contribution in [1.29, 1.82) is 0 Å². The minimum Gasteiger partial charge on any atom is -0.389 e. The van der Waals surface area contributed by atoms with E-state index in [4.69, 9.17) is 0 Å². The van der Waals surface area contributed by atoms with E-state index in [2.05, 4.69) is 4.98 Å². The third kappa shape index (κ3) is 2.64. The molecule has 1 aromatic heterocycles. The molecule has 0 amide bonds. The summed E-state index contributed by atoms with van der Waals surface area (Å²) in [5, 5.41) is 9.74. The van der Waals surface area contributed by atoms with Crippen LogP contribution in [0.1, 0.15) is 25.5 Å². The average molecular weight is 270 g/mol. The number of nitrogens with zero attached hydrogens (tertiary/aromatic N) is 2. The summed E-state index contributed by atoms with van der Waals surface area (Å²) in [7, 11) is -2.94. The van der Waals surface area contributed by atoms with E-state index in [0.717, 1.165) is 5.56 Å². The number of aromatic nitrogens is 1. The summed E-state index contributed by atoms with van der Waals surface area (Å²) in [6, 6.07) is 3.48. The molecule has 1 saturated heterocycles. The van der Waals surface area contributed by atoms with Gasteiger partial charge in [-0.15, -0.1) is 0 Å². The fourth-order valence-corrected chi connectivity index (χ4v) is 3.85. The van der Waals surface area contributed by atoms with E-state index in [9.17, 15) is 13.5 Å². The van der Waals surface area contributed by atoms with E-state index >= 15 is 0 Å². The Bertz CT molecular complexity index is 528. The van der Waals surface area contributed by atoms with Gasteiger partial charge in [0.2, 0.25) is 0 Å². The molecular weight excluding hydrogens is 252 g/mol. The van der Waals surface area contributed by atoms with Gasteiger partial charge >= 0.3 is 0 Å². The normalized spacial score (nSPS) is 24.8. The molecule has 0 aliphatic carbocycles. The van der Waals surface area contributed by atoms with Crippen LogP contribution >= 0.6 is 0 Å². The molecule has 0 bridgehead atoms. The van der Waals surface area contributed by atoms with Gasteiger partial charge in [0.1, 0.15) is 5.82 Å². The van der Waals surface area contributed by atoms with Crippen molar-refractivity contribution in [2.45, 2.75) is 26.0 Å². The molecule has 100 valence electrons. The summed E-state index contributed by atoms with van der Waals surface area (Å²) in [4.78, 5) is 6.25. The number of sulfone groups is 1. The molecule has 0 radical (unpaired) electrons. The molecule has 0 spiro atoms. The van der Waals surface area contributed by atoms with Crippen molar-refractivity contribution in [2.75, 3.05) is 23.0 Å². The molecule has 0 aromatic carbocycles. The van der Waals surface area contributed by atoms with Crippen LogP contribution in [0.5, 0.6) is 0 Å².